The molecule has 3 aromatic carbocycles. The van der Waals surface area contributed by atoms with Crippen LogP contribution in [0.1, 0.15) is 24.0 Å². The first-order valence-electron chi connectivity index (χ1n) is 14.7. The number of piperazine rings is 1. The number of halogens is 4. The highest BCUT2D eigenvalue weighted by molar-refractivity contribution is 6.31. The van der Waals surface area contributed by atoms with E-state index < -0.39 is 6.36 Å². The van der Waals surface area contributed by atoms with Crippen LogP contribution in [-0.2, 0) is 19.6 Å². The minimum atomic E-state index is -4.71. The maximum absolute atomic E-state index is 12.7. The molecule has 5 nitrogen and oxygen atoms in total. The van der Waals surface area contributed by atoms with Crippen molar-refractivity contribution in [3.63, 3.8) is 0 Å². The van der Waals surface area contributed by atoms with Crippen LogP contribution in [0.4, 0.5) is 13.2 Å². The number of fused-ring (bicyclic) bond motifs is 1. The predicted octanol–water partition coefficient (Wildman–Crippen LogP) is 7.18. The molecule has 9 heteroatoms. The van der Waals surface area contributed by atoms with E-state index in [-0.39, 0.29) is 5.75 Å². The lowest BCUT2D eigenvalue weighted by Gasteiger charge is -2.35. The molecule has 42 heavy (non-hydrogen) atoms. The highest BCUT2D eigenvalue weighted by Gasteiger charge is 2.31. The molecule has 3 heterocycles. The zero-order chi connectivity index (χ0) is 29.1. The Bertz CT molecular complexity index is 1490. The number of benzene rings is 3. The van der Waals surface area contributed by atoms with Crippen molar-refractivity contribution in [2.75, 3.05) is 39.3 Å². The summed E-state index contributed by atoms with van der Waals surface area (Å²) in [4.78, 5) is 4.94. The molecule has 0 bridgehead atoms. The van der Waals surface area contributed by atoms with Crippen molar-refractivity contribution >= 4 is 22.5 Å². The van der Waals surface area contributed by atoms with Crippen LogP contribution < -0.4 is 10.1 Å². The minimum absolute atomic E-state index is 0.209. The van der Waals surface area contributed by atoms with Gasteiger partial charge in [0.05, 0.1) is 0 Å². The Hall–Kier alpha value is -3.04. The summed E-state index contributed by atoms with van der Waals surface area (Å²) in [6, 6.07) is 21.0. The smallest absolute Gasteiger partial charge is 0.406 e. The second kappa shape index (κ2) is 12.7. The first-order valence-corrected chi connectivity index (χ1v) is 15.1. The molecular weight excluding hydrogens is 561 g/mol. The summed E-state index contributed by atoms with van der Waals surface area (Å²) in [5.74, 6) is 0.387. The predicted molar refractivity (Wildman–Crippen MR) is 162 cm³/mol. The van der Waals surface area contributed by atoms with Gasteiger partial charge < -0.3 is 14.6 Å². The Morgan fingerprint density at radius 2 is 1.55 bits per heavy atom. The summed E-state index contributed by atoms with van der Waals surface area (Å²) in [6.45, 7) is 8.64. The molecule has 2 aliphatic heterocycles. The average molecular weight is 597 g/mol. The Morgan fingerprint density at radius 1 is 0.857 bits per heavy atom. The van der Waals surface area contributed by atoms with Gasteiger partial charge in [0.25, 0.3) is 0 Å². The van der Waals surface area contributed by atoms with Gasteiger partial charge in [-0.25, -0.2) is 0 Å². The Balaban J connectivity index is 1.20. The van der Waals surface area contributed by atoms with Gasteiger partial charge in [0, 0.05) is 73.5 Å². The van der Waals surface area contributed by atoms with Crippen molar-refractivity contribution in [2.24, 2.45) is 5.92 Å². The van der Waals surface area contributed by atoms with Crippen LogP contribution in [0, 0.1) is 5.92 Å². The monoisotopic (exact) mass is 596 g/mol. The zero-order valence-electron chi connectivity index (χ0n) is 23.5. The summed E-state index contributed by atoms with van der Waals surface area (Å²) in [5, 5.41) is 5.38. The summed E-state index contributed by atoms with van der Waals surface area (Å²) in [5.41, 5.74) is 5.47. The van der Waals surface area contributed by atoms with Crippen molar-refractivity contribution in [3.8, 4) is 16.9 Å². The molecule has 0 atom stereocenters. The zero-order valence-corrected chi connectivity index (χ0v) is 24.3. The van der Waals surface area contributed by atoms with Crippen LogP contribution >= 0.6 is 11.6 Å². The Morgan fingerprint density at radius 3 is 2.24 bits per heavy atom. The molecule has 0 aliphatic carbocycles. The molecule has 2 saturated heterocycles. The van der Waals surface area contributed by atoms with Gasteiger partial charge in [-0.05, 0) is 78.9 Å². The quantitative estimate of drug-likeness (QED) is 0.234. The third kappa shape index (κ3) is 7.11. The van der Waals surface area contributed by atoms with E-state index in [0.29, 0.717) is 5.92 Å². The number of ether oxygens (including phenoxy) is 1. The van der Waals surface area contributed by atoms with Crippen molar-refractivity contribution in [1.29, 1.82) is 0 Å². The third-order valence-corrected chi connectivity index (χ3v) is 8.85. The molecule has 4 aromatic rings. The van der Waals surface area contributed by atoms with Crippen molar-refractivity contribution in [2.45, 2.75) is 38.8 Å². The van der Waals surface area contributed by atoms with E-state index in [2.05, 4.69) is 54.9 Å². The van der Waals surface area contributed by atoms with Gasteiger partial charge >= 0.3 is 6.36 Å². The second-order valence-electron chi connectivity index (χ2n) is 11.5. The van der Waals surface area contributed by atoms with Crippen LogP contribution in [0.5, 0.6) is 5.75 Å². The number of piperidine rings is 1. The summed E-state index contributed by atoms with van der Waals surface area (Å²) < 4.78 is 44.6. The van der Waals surface area contributed by atoms with Crippen LogP contribution in [0.2, 0.25) is 5.02 Å². The number of rotatable bonds is 8. The molecule has 0 unspecified atom stereocenters. The first kappa shape index (κ1) is 29.1. The van der Waals surface area contributed by atoms with Crippen LogP contribution in [0.25, 0.3) is 22.0 Å². The molecule has 0 saturated carbocycles. The van der Waals surface area contributed by atoms with Gasteiger partial charge in [-0.2, -0.15) is 0 Å². The van der Waals surface area contributed by atoms with Crippen molar-refractivity contribution < 1.29 is 17.9 Å². The normalized spacial score (nSPS) is 17.6. The molecule has 0 radical (unpaired) electrons. The van der Waals surface area contributed by atoms with Crippen LogP contribution in [0.3, 0.4) is 0 Å². The fraction of sp³-hybridized carbons (Fsp3) is 0.394. The van der Waals surface area contributed by atoms with Gasteiger partial charge in [-0.1, -0.05) is 48.0 Å². The maximum atomic E-state index is 12.7. The number of nitrogens with zero attached hydrogens (tertiary/aromatic N) is 3. The molecule has 0 spiro atoms. The van der Waals surface area contributed by atoms with Gasteiger partial charge in [0.1, 0.15) is 5.75 Å². The minimum Gasteiger partial charge on any atom is -0.406 e. The lowest BCUT2D eigenvalue weighted by atomic mass is 9.98. The lowest BCUT2D eigenvalue weighted by molar-refractivity contribution is -0.274. The average Bonchev–Trinajstić information content (AvgIpc) is 3.33. The van der Waals surface area contributed by atoms with E-state index in [9.17, 15) is 13.2 Å². The van der Waals surface area contributed by atoms with E-state index in [1.165, 1.54) is 17.7 Å². The SMILES string of the molecule is FC(F)(F)Oc1ccc(-c2cn(CC3CCNCC3)c3ccc(CN4CCN(Cc5ccccc5Cl)CC4)cc23)cc1. The molecular formula is C33H36ClF3N4O. The number of hydrogen-bond donors (Lipinski definition) is 1. The van der Waals surface area contributed by atoms with Gasteiger partial charge in [0.15, 0.2) is 0 Å². The topological polar surface area (TPSA) is 32.7 Å². The van der Waals surface area contributed by atoms with Crippen molar-refractivity contribution in [1.82, 2.24) is 19.7 Å². The number of alkyl halides is 3. The second-order valence-corrected chi connectivity index (χ2v) is 11.9. The van der Waals surface area contributed by atoms with Crippen molar-refractivity contribution in [3.05, 3.63) is 89.1 Å². The third-order valence-electron chi connectivity index (χ3n) is 8.48. The van der Waals surface area contributed by atoms with E-state index >= 15 is 0 Å². The van der Waals surface area contributed by atoms with Gasteiger partial charge in [-0.15, -0.1) is 13.2 Å². The van der Waals surface area contributed by atoms with E-state index in [0.717, 1.165) is 104 Å². The molecule has 2 aliphatic rings. The molecule has 2 fully saturated rings. The highest BCUT2D eigenvalue weighted by atomic mass is 35.5. The standard InChI is InChI=1S/C33H36ClF3N4O/c34-31-4-2-1-3-27(31)22-40-17-15-39(16-18-40)20-25-5-10-32-29(19-25)30(23-41(32)21-24-11-13-38-14-12-24)26-6-8-28(9-7-26)42-33(35,36)37/h1-10,19,23-24,38H,11-18,20-22H2. The molecule has 1 N–H and O–H groups in total. The van der Waals surface area contributed by atoms with Crippen LogP contribution in [-0.4, -0.2) is 60.0 Å². The molecule has 222 valence electrons. The lowest BCUT2D eigenvalue weighted by Crippen LogP contribution is -2.45. The molecule has 1 aromatic heterocycles. The fourth-order valence-corrected chi connectivity index (χ4v) is 6.43. The van der Waals surface area contributed by atoms with E-state index in [1.807, 2.05) is 18.2 Å². The summed E-state index contributed by atoms with van der Waals surface area (Å²) >= 11 is 6.38. The van der Waals surface area contributed by atoms with Crippen LogP contribution in [0.15, 0.2) is 72.9 Å². The Labute approximate surface area is 249 Å². The summed E-state index contributed by atoms with van der Waals surface area (Å²) in [7, 11) is 0. The van der Waals surface area contributed by atoms with E-state index in [1.54, 1.807) is 12.1 Å². The number of aromatic nitrogens is 1. The fourth-order valence-electron chi connectivity index (χ4n) is 6.23. The van der Waals surface area contributed by atoms with Gasteiger partial charge in [-0.3, -0.25) is 9.80 Å². The number of hydrogen-bond acceptors (Lipinski definition) is 4. The molecule has 6 rings (SSSR count). The van der Waals surface area contributed by atoms with E-state index in [4.69, 9.17) is 11.6 Å². The maximum Gasteiger partial charge on any atom is 0.573 e. The highest BCUT2D eigenvalue weighted by Crippen LogP contribution is 2.35. The Kier molecular flexibility index (Phi) is 8.77. The molecule has 0 amide bonds. The summed E-state index contributed by atoms with van der Waals surface area (Å²) in [6.07, 6.45) is -0.261. The van der Waals surface area contributed by atoms with Gasteiger partial charge in [0.2, 0.25) is 0 Å². The largest absolute Gasteiger partial charge is 0.573 e. The first-order chi connectivity index (χ1) is 20.3. The number of nitrogens with one attached hydrogen (secondary N) is 1.